The van der Waals surface area contributed by atoms with Gasteiger partial charge in [0, 0.05) is 5.02 Å². The molecule has 1 N–H and O–H groups in total. The third-order valence-corrected chi connectivity index (χ3v) is 5.70. The average molecular weight is 380 g/mol. The number of amides is 1. The van der Waals surface area contributed by atoms with Crippen LogP contribution in [-0.2, 0) is 26.7 Å². The fraction of sp³-hybridized carbons (Fsp3) is 0.316. The van der Waals surface area contributed by atoms with Crippen molar-refractivity contribution in [1.29, 1.82) is 0 Å². The summed E-state index contributed by atoms with van der Waals surface area (Å²) in [5.41, 5.74) is 0.665. The third-order valence-electron chi connectivity index (χ3n) is 4.11. The minimum Gasteiger partial charge on any atom is -0.273 e. The van der Waals surface area contributed by atoms with Gasteiger partial charge in [0.2, 0.25) is 5.91 Å². The molecule has 0 saturated heterocycles. The molecule has 25 heavy (non-hydrogen) atoms. The summed E-state index contributed by atoms with van der Waals surface area (Å²) in [6, 6.07) is 13.4. The fourth-order valence-electron chi connectivity index (χ4n) is 2.44. The van der Waals surface area contributed by atoms with Crippen LogP contribution >= 0.6 is 11.6 Å². The summed E-state index contributed by atoms with van der Waals surface area (Å²) in [6.07, 6.45) is 1.87. The van der Waals surface area contributed by atoms with Gasteiger partial charge in [0.05, 0.1) is 10.3 Å². The highest BCUT2D eigenvalue weighted by atomic mass is 35.5. The normalized spacial score (nSPS) is 12.0. The second kappa shape index (κ2) is 7.58. The first-order valence-electron chi connectivity index (χ1n) is 8.09. The smallest absolute Gasteiger partial charge is 0.264 e. The summed E-state index contributed by atoms with van der Waals surface area (Å²) in [7, 11) is -3.93. The molecule has 0 bridgehead atoms. The van der Waals surface area contributed by atoms with Crippen LogP contribution in [0.25, 0.3) is 0 Å². The number of hydrogen-bond acceptors (Lipinski definition) is 3. The maximum atomic E-state index is 12.6. The Hall–Kier alpha value is -1.85. The highest BCUT2D eigenvalue weighted by molar-refractivity contribution is 7.90. The standard InChI is InChI=1S/C19H22ClNO3S/c1-4-6-14-9-11-17(12-10-14)25(23,24)21-18(22)19(2,3)15-7-5-8-16(20)13-15/h5,7-13H,4,6H2,1-3H3,(H,21,22). The Kier molecular flexibility index (Phi) is 5.91. The van der Waals surface area contributed by atoms with E-state index < -0.39 is 21.3 Å². The summed E-state index contributed by atoms with van der Waals surface area (Å²) in [6.45, 7) is 5.38. The van der Waals surface area contributed by atoms with Crippen molar-refractivity contribution in [3.8, 4) is 0 Å². The molecule has 0 atom stereocenters. The molecule has 0 saturated carbocycles. The summed E-state index contributed by atoms with van der Waals surface area (Å²) >= 11 is 5.98. The molecule has 134 valence electrons. The molecule has 4 nitrogen and oxygen atoms in total. The maximum absolute atomic E-state index is 12.6. The summed E-state index contributed by atoms with van der Waals surface area (Å²) in [5, 5.41) is 0.493. The molecule has 2 aromatic carbocycles. The first kappa shape index (κ1) is 19.5. The van der Waals surface area contributed by atoms with Crippen molar-refractivity contribution in [3.05, 3.63) is 64.7 Å². The van der Waals surface area contributed by atoms with Gasteiger partial charge in [0.15, 0.2) is 0 Å². The highest BCUT2D eigenvalue weighted by Gasteiger charge is 2.33. The fourth-order valence-corrected chi connectivity index (χ4v) is 3.74. The quantitative estimate of drug-likeness (QED) is 0.822. The van der Waals surface area contributed by atoms with Crippen molar-refractivity contribution in [2.24, 2.45) is 0 Å². The Bertz CT molecular complexity index is 858. The molecule has 0 heterocycles. The largest absolute Gasteiger partial charge is 0.273 e. The van der Waals surface area contributed by atoms with E-state index in [2.05, 4.69) is 11.6 Å². The second-order valence-corrected chi connectivity index (χ2v) is 8.58. The van der Waals surface area contributed by atoms with Gasteiger partial charge in [0.1, 0.15) is 0 Å². The maximum Gasteiger partial charge on any atom is 0.264 e. The van der Waals surface area contributed by atoms with Crippen LogP contribution in [0.2, 0.25) is 5.02 Å². The Morgan fingerprint density at radius 3 is 2.32 bits per heavy atom. The van der Waals surface area contributed by atoms with Crippen molar-refractivity contribution >= 4 is 27.5 Å². The van der Waals surface area contributed by atoms with Crippen LogP contribution < -0.4 is 4.72 Å². The number of benzene rings is 2. The first-order chi connectivity index (χ1) is 11.7. The Balaban J connectivity index is 2.22. The van der Waals surface area contributed by atoms with Crippen LogP contribution in [0, 0.1) is 0 Å². The lowest BCUT2D eigenvalue weighted by Crippen LogP contribution is -2.43. The van der Waals surface area contributed by atoms with E-state index in [0.29, 0.717) is 10.6 Å². The minimum absolute atomic E-state index is 0.0718. The predicted octanol–water partition coefficient (Wildman–Crippen LogP) is 4.08. The van der Waals surface area contributed by atoms with Crippen LogP contribution in [0.5, 0.6) is 0 Å². The lowest BCUT2D eigenvalue weighted by atomic mass is 9.84. The van der Waals surface area contributed by atoms with Gasteiger partial charge in [-0.15, -0.1) is 0 Å². The Morgan fingerprint density at radius 2 is 1.76 bits per heavy atom. The van der Waals surface area contributed by atoms with Crippen molar-refractivity contribution in [2.75, 3.05) is 0 Å². The average Bonchev–Trinajstić information content (AvgIpc) is 2.55. The third kappa shape index (κ3) is 4.61. The number of carbonyl (C=O) groups is 1. The number of hydrogen-bond donors (Lipinski definition) is 1. The van der Waals surface area contributed by atoms with E-state index in [9.17, 15) is 13.2 Å². The minimum atomic E-state index is -3.93. The molecule has 0 unspecified atom stereocenters. The van der Waals surface area contributed by atoms with Crippen molar-refractivity contribution in [3.63, 3.8) is 0 Å². The molecule has 2 aromatic rings. The summed E-state index contributed by atoms with van der Waals surface area (Å²) in [5.74, 6) is -0.604. The lowest BCUT2D eigenvalue weighted by Gasteiger charge is -2.24. The summed E-state index contributed by atoms with van der Waals surface area (Å²) in [4.78, 5) is 12.7. The number of carbonyl (C=O) groups excluding carboxylic acids is 1. The zero-order valence-corrected chi connectivity index (χ0v) is 16.1. The molecule has 0 fully saturated rings. The van der Waals surface area contributed by atoms with Crippen LogP contribution in [0.1, 0.15) is 38.3 Å². The number of aryl methyl sites for hydroxylation is 1. The highest BCUT2D eigenvalue weighted by Crippen LogP contribution is 2.26. The van der Waals surface area contributed by atoms with Gasteiger partial charge in [-0.2, -0.15) is 0 Å². The molecule has 0 aromatic heterocycles. The van der Waals surface area contributed by atoms with Gasteiger partial charge in [-0.05, 0) is 55.7 Å². The number of halogens is 1. The van der Waals surface area contributed by atoms with Crippen molar-refractivity contribution < 1.29 is 13.2 Å². The van der Waals surface area contributed by atoms with Crippen molar-refractivity contribution in [2.45, 2.75) is 43.9 Å². The van der Waals surface area contributed by atoms with Crippen LogP contribution in [0.3, 0.4) is 0 Å². The molecule has 0 aliphatic rings. The monoisotopic (exact) mass is 379 g/mol. The zero-order valence-electron chi connectivity index (χ0n) is 14.5. The second-order valence-electron chi connectivity index (χ2n) is 6.46. The van der Waals surface area contributed by atoms with Gasteiger partial charge < -0.3 is 0 Å². The van der Waals surface area contributed by atoms with E-state index in [0.717, 1.165) is 18.4 Å². The Morgan fingerprint density at radius 1 is 1.12 bits per heavy atom. The molecule has 2 rings (SSSR count). The van der Waals surface area contributed by atoms with E-state index >= 15 is 0 Å². The van der Waals surface area contributed by atoms with Gasteiger partial charge in [-0.3, -0.25) is 4.79 Å². The SMILES string of the molecule is CCCc1ccc(S(=O)(=O)NC(=O)C(C)(C)c2cccc(Cl)c2)cc1. The molecule has 0 aliphatic carbocycles. The van der Waals surface area contributed by atoms with E-state index in [1.54, 1.807) is 50.2 Å². The predicted molar refractivity (Wildman–Crippen MR) is 100 cm³/mol. The van der Waals surface area contributed by atoms with Gasteiger partial charge >= 0.3 is 0 Å². The molecule has 6 heteroatoms. The van der Waals surface area contributed by atoms with Gasteiger partial charge in [-0.1, -0.05) is 49.2 Å². The molecule has 0 spiro atoms. The summed E-state index contributed by atoms with van der Waals surface area (Å²) < 4.78 is 27.2. The molecular weight excluding hydrogens is 358 g/mol. The Labute approximate surface area is 154 Å². The topological polar surface area (TPSA) is 63.2 Å². The van der Waals surface area contributed by atoms with Crippen molar-refractivity contribution in [1.82, 2.24) is 4.72 Å². The van der Waals surface area contributed by atoms with Gasteiger partial charge in [0.25, 0.3) is 10.0 Å². The number of nitrogens with one attached hydrogen (secondary N) is 1. The van der Waals surface area contributed by atoms with E-state index in [-0.39, 0.29) is 4.90 Å². The van der Waals surface area contributed by atoms with E-state index in [4.69, 9.17) is 11.6 Å². The van der Waals surface area contributed by atoms with E-state index in [1.165, 1.54) is 12.1 Å². The molecule has 1 amide bonds. The van der Waals surface area contributed by atoms with Gasteiger partial charge in [-0.25, -0.2) is 13.1 Å². The van der Waals surface area contributed by atoms with Crippen LogP contribution in [0.4, 0.5) is 0 Å². The van der Waals surface area contributed by atoms with Crippen LogP contribution in [-0.4, -0.2) is 14.3 Å². The molecule has 0 aliphatic heterocycles. The zero-order chi connectivity index (χ0) is 18.7. The lowest BCUT2D eigenvalue weighted by molar-refractivity contribution is -0.123. The van der Waals surface area contributed by atoms with E-state index in [1.807, 2.05) is 0 Å². The first-order valence-corrected chi connectivity index (χ1v) is 9.95. The number of rotatable bonds is 6. The number of sulfonamides is 1. The molecule has 0 radical (unpaired) electrons. The van der Waals surface area contributed by atoms with Crippen LogP contribution in [0.15, 0.2) is 53.4 Å². The molecular formula is C19H22ClNO3S.